The second-order valence-electron chi connectivity index (χ2n) is 19.1. The minimum absolute atomic E-state index is 0.0863. The Kier molecular flexibility index (Phi) is 13.3. The van der Waals surface area contributed by atoms with Crippen LogP contribution in [0.5, 0.6) is 23.0 Å². The Morgan fingerprint density at radius 1 is 0.357 bits per heavy atom. The quantitative estimate of drug-likeness (QED) is 0.156. The normalized spacial score (nSPS) is 13.7. The molecular weight excluding hydrogens is 729 g/mol. The fraction of sp³-hybridized carbons (Fsp3) is 0.520. The zero-order chi connectivity index (χ0) is 41.4. The van der Waals surface area contributed by atoms with Crippen LogP contribution in [0.3, 0.4) is 0 Å². The van der Waals surface area contributed by atoms with Crippen molar-refractivity contribution in [3.8, 4) is 23.0 Å². The van der Waals surface area contributed by atoms with E-state index in [9.17, 15) is 0 Å². The van der Waals surface area contributed by atoms with Gasteiger partial charge >= 0.3 is 0 Å². The number of hydrogen-bond donors (Lipinski definition) is 0. The van der Waals surface area contributed by atoms with Gasteiger partial charge in [-0.25, -0.2) is 0 Å². The van der Waals surface area contributed by atoms with E-state index in [0.29, 0.717) is 39.3 Å². The molecule has 4 nitrogen and oxygen atoms in total. The number of benzene rings is 4. The van der Waals surface area contributed by atoms with E-state index < -0.39 is 0 Å². The summed E-state index contributed by atoms with van der Waals surface area (Å²) in [6.07, 6.45) is 1.33. The summed E-state index contributed by atoms with van der Waals surface area (Å²) < 4.78 is 26.9. The lowest BCUT2D eigenvalue weighted by atomic mass is 9.83. The molecule has 0 fully saturated rings. The van der Waals surface area contributed by atoms with Crippen molar-refractivity contribution < 1.29 is 18.9 Å². The van der Waals surface area contributed by atoms with Crippen molar-refractivity contribution in [1.82, 2.24) is 0 Å². The third kappa shape index (κ3) is 9.89. The van der Waals surface area contributed by atoms with Crippen molar-refractivity contribution in [2.75, 3.05) is 26.4 Å². The first-order valence-corrected chi connectivity index (χ1v) is 22.3. The molecule has 0 aliphatic carbocycles. The highest BCUT2D eigenvalue weighted by Gasteiger charge is 2.29. The van der Waals surface area contributed by atoms with E-state index in [1.54, 1.807) is 23.5 Å². The van der Waals surface area contributed by atoms with Crippen LogP contribution in [0.15, 0.2) is 68.1 Å². The van der Waals surface area contributed by atoms with Crippen molar-refractivity contribution in [2.24, 2.45) is 0 Å². The van der Waals surface area contributed by atoms with Crippen molar-refractivity contribution in [3.63, 3.8) is 0 Å². The maximum atomic E-state index is 6.72. The van der Waals surface area contributed by atoms with Gasteiger partial charge in [-0.2, -0.15) is 0 Å². The molecule has 8 bridgehead atoms. The van der Waals surface area contributed by atoms with E-state index in [0.717, 1.165) is 64.8 Å². The lowest BCUT2D eigenvalue weighted by molar-refractivity contribution is 0.323. The molecule has 0 N–H and O–H groups in total. The molecule has 0 unspecified atom stereocenters. The van der Waals surface area contributed by atoms with Crippen molar-refractivity contribution in [2.45, 2.75) is 165 Å². The third-order valence-corrected chi connectivity index (χ3v) is 12.4. The van der Waals surface area contributed by atoms with Crippen LogP contribution in [0.25, 0.3) is 0 Å². The Hall–Kier alpha value is -3.22. The van der Waals surface area contributed by atoms with E-state index in [4.69, 9.17) is 18.9 Å². The highest BCUT2D eigenvalue weighted by Crippen LogP contribution is 2.51. The third-order valence-electron chi connectivity index (χ3n) is 10.3. The first-order chi connectivity index (χ1) is 26.1. The van der Waals surface area contributed by atoms with E-state index in [-0.39, 0.29) is 21.7 Å². The number of hydrogen-bond acceptors (Lipinski definition) is 6. The van der Waals surface area contributed by atoms with Gasteiger partial charge in [0.05, 0.1) is 46.0 Å². The number of ether oxygens (including phenoxy) is 4. The van der Waals surface area contributed by atoms with Crippen LogP contribution in [-0.2, 0) is 34.5 Å². The van der Waals surface area contributed by atoms with Gasteiger partial charge in [0, 0.05) is 35.1 Å². The molecule has 4 aromatic rings. The lowest BCUT2D eigenvalue weighted by Crippen LogP contribution is -2.15. The maximum absolute atomic E-state index is 6.72. The van der Waals surface area contributed by atoms with Gasteiger partial charge in [-0.3, -0.25) is 0 Å². The number of rotatable bonds is 8. The average Bonchev–Trinajstić information content (AvgIpc) is 3.07. The SMILES string of the molecule is CCOc1c2cc(C(C)(C)C)cc1Sc1cc(C(C)(C)C)cc(c1OCC)Cc1cc(C(C)(C)C)cc(c1OCC)Sc1cc(C(C)(C)C)cc(c1OCC)C2. The van der Waals surface area contributed by atoms with Gasteiger partial charge in [0.25, 0.3) is 0 Å². The second kappa shape index (κ2) is 16.9. The zero-order valence-electron chi connectivity index (χ0n) is 37.3. The van der Waals surface area contributed by atoms with Crippen molar-refractivity contribution in [3.05, 3.63) is 93.0 Å². The molecule has 0 amide bonds. The first kappa shape index (κ1) is 43.9. The highest BCUT2D eigenvalue weighted by molar-refractivity contribution is 7.99. The van der Waals surface area contributed by atoms with Gasteiger partial charge < -0.3 is 18.9 Å². The molecule has 0 aromatic heterocycles. The van der Waals surface area contributed by atoms with Crippen molar-refractivity contribution in [1.29, 1.82) is 0 Å². The smallest absolute Gasteiger partial charge is 0.136 e. The summed E-state index contributed by atoms with van der Waals surface area (Å²) in [5.74, 6) is 3.72. The molecule has 0 saturated carbocycles. The lowest BCUT2D eigenvalue weighted by Gasteiger charge is -2.28. The Morgan fingerprint density at radius 3 is 0.714 bits per heavy atom. The monoisotopic (exact) mass is 796 g/mol. The van der Waals surface area contributed by atoms with Crippen molar-refractivity contribution >= 4 is 23.5 Å². The molecule has 5 rings (SSSR count). The van der Waals surface area contributed by atoms with Gasteiger partial charge in [-0.15, -0.1) is 0 Å². The summed E-state index contributed by atoms with van der Waals surface area (Å²) in [5.41, 5.74) is 9.39. The summed E-state index contributed by atoms with van der Waals surface area (Å²) in [6, 6.07) is 18.9. The topological polar surface area (TPSA) is 36.9 Å². The molecule has 0 atom stereocenters. The van der Waals surface area contributed by atoms with Crippen LogP contribution in [0, 0.1) is 0 Å². The molecule has 1 aliphatic rings. The Bertz CT molecular complexity index is 1650. The summed E-state index contributed by atoms with van der Waals surface area (Å²) >= 11 is 3.54. The minimum atomic E-state index is -0.0863. The zero-order valence-corrected chi connectivity index (χ0v) is 38.9. The van der Waals surface area contributed by atoms with Crippen LogP contribution < -0.4 is 18.9 Å². The fourth-order valence-electron chi connectivity index (χ4n) is 7.08. The van der Waals surface area contributed by atoms with Crippen LogP contribution in [0.2, 0.25) is 0 Å². The van der Waals surface area contributed by atoms with Gasteiger partial charge in [0.2, 0.25) is 0 Å². The van der Waals surface area contributed by atoms with Crippen LogP contribution >= 0.6 is 23.5 Å². The minimum Gasteiger partial charge on any atom is -0.492 e. The van der Waals surface area contributed by atoms with E-state index in [2.05, 4.69) is 159 Å². The molecule has 0 spiro atoms. The predicted octanol–water partition coefficient (Wildman–Crippen LogP) is 14.3. The largest absolute Gasteiger partial charge is 0.492 e. The molecule has 6 heteroatoms. The fourth-order valence-corrected chi connectivity index (χ4v) is 9.43. The summed E-state index contributed by atoms with van der Waals surface area (Å²) in [6.45, 7) is 38.2. The second-order valence-corrected chi connectivity index (χ2v) is 21.3. The molecule has 1 aliphatic heterocycles. The molecule has 4 aromatic carbocycles. The van der Waals surface area contributed by atoms with Crippen LogP contribution in [-0.4, -0.2) is 26.4 Å². The summed E-state index contributed by atoms with van der Waals surface area (Å²) in [7, 11) is 0. The Morgan fingerprint density at radius 2 is 0.554 bits per heavy atom. The molecule has 1 heterocycles. The summed E-state index contributed by atoms with van der Waals surface area (Å²) in [5, 5.41) is 0. The van der Waals surface area contributed by atoms with E-state index in [1.165, 1.54) is 22.3 Å². The average molecular weight is 797 g/mol. The standard InChI is InChI=1S/C50H68O4S2/c1-17-51-43-31-21-32-24-36(48(8,9)10)29-41(44(32)52-18-2)56-42-30-38(50(14,15)16)26-34(46(42)54-20-4)22-33-25-37(49(11,12)13)28-40(45(33)53-19-3)55-39(43)27-35(23-31)47(5,6)7/h23-30H,17-22H2,1-16H3. The number of fused-ring (bicyclic) bond motifs is 8. The first-order valence-electron chi connectivity index (χ1n) is 20.6. The maximum Gasteiger partial charge on any atom is 0.136 e. The molecule has 56 heavy (non-hydrogen) atoms. The predicted molar refractivity (Wildman–Crippen MR) is 239 cm³/mol. The van der Waals surface area contributed by atoms with Gasteiger partial charge in [-0.05, 0) is 95.9 Å². The Balaban J connectivity index is 2.01. The van der Waals surface area contributed by atoms with Gasteiger partial charge in [-0.1, -0.05) is 131 Å². The molecule has 304 valence electrons. The molecular formula is C50H68O4S2. The summed E-state index contributed by atoms with van der Waals surface area (Å²) in [4.78, 5) is 4.41. The highest BCUT2D eigenvalue weighted by atomic mass is 32.2. The van der Waals surface area contributed by atoms with Gasteiger partial charge in [0.1, 0.15) is 23.0 Å². The van der Waals surface area contributed by atoms with Crippen LogP contribution in [0.1, 0.15) is 155 Å². The molecule has 0 radical (unpaired) electrons. The molecule has 0 saturated heterocycles. The Labute approximate surface area is 348 Å². The van der Waals surface area contributed by atoms with Crippen LogP contribution in [0.4, 0.5) is 0 Å². The van der Waals surface area contributed by atoms with E-state index >= 15 is 0 Å². The van der Waals surface area contributed by atoms with E-state index in [1.807, 2.05) is 0 Å². The van der Waals surface area contributed by atoms with Gasteiger partial charge in [0.15, 0.2) is 0 Å².